The van der Waals surface area contributed by atoms with Crippen molar-refractivity contribution in [1.29, 1.82) is 0 Å². The highest BCUT2D eigenvalue weighted by molar-refractivity contribution is 5.37. The molecule has 0 amide bonds. The third-order valence-corrected chi connectivity index (χ3v) is 3.11. The van der Waals surface area contributed by atoms with Gasteiger partial charge in [-0.1, -0.05) is 11.8 Å². The molecule has 2 rings (SSSR count). The monoisotopic (exact) mass is 263 g/mol. The highest BCUT2D eigenvalue weighted by atomic mass is 19.1. The van der Waals surface area contributed by atoms with Gasteiger partial charge in [0, 0.05) is 24.7 Å². The maximum Gasteiger partial charge on any atom is 0.124 e. The number of hydrogen-bond acceptors (Lipinski definition) is 3. The molecule has 1 aliphatic rings. The Morgan fingerprint density at radius 3 is 2.68 bits per heavy atom. The highest BCUT2D eigenvalue weighted by Gasteiger charge is 2.28. The Bertz CT molecular complexity index is 489. The molecule has 0 unspecified atom stereocenters. The van der Waals surface area contributed by atoms with Crippen molar-refractivity contribution in [3.05, 3.63) is 35.1 Å². The lowest BCUT2D eigenvalue weighted by atomic mass is 10.1. The minimum atomic E-state index is -0.320. The van der Waals surface area contributed by atoms with Crippen LogP contribution in [0.4, 0.5) is 4.39 Å². The number of aliphatic hydroxyl groups is 2. The van der Waals surface area contributed by atoms with Crippen LogP contribution < -0.4 is 0 Å². The van der Waals surface area contributed by atoms with Gasteiger partial charge in [-0.05, 0) is 36.6 Å². The summed E-state index contributed by atoms with van der Waals surface area (Å²) in [4.78, 5) is 2.16. The van der Waals surface area contributed by atoms with Crippen LogP contribution in [0.3, 0.4) is 0 Å². The lowest BCUT2D eigenvalue weighted by Gasteiger charge is -2.20. The molecule has 3 nitrogen and oxygen atoms in total. The second kappa shape index (κ2) is 6.67. The zero-order valence-corrected chi connectivity index (χ0v) is 10.8. The van der Waals surface area contributed by atoms with Crippen LogP contribution >= 0.6 is 0 Å². The normalized spacial score (nSPS) is 14.3. The Morgan fingerprint density at radius 1 is 1.26 bits per heavy atom. The van der Waals surface area contributed by atoms with E-state index in [0.717, 1.165) is 18.4 Å². The van der Waals surface area contributed by atoms with E-state index in [1.165, 1.54) is 12.1 Å². The van der Waals surface area contributed by atoms with Crippen LogP contribution in [-0.2, 0) is 6.54 Å². The second-order valence-electron chi connectivity index (χ2n) is 4.73. The number of hydrogen-bond donors (Lipinski definition) is 2. The molecule has 102 valence electrons. The summed E-state index contributed by atoms with van der Waals surface area (Å²) in [7, 11) is 0. The van der Waals surface area contributed by atoms with Crippen molar-refractivity contribution in [3.8, 4) is 11.8 Å². The molecular formula is C15H18FNO2. The van der Waals surface area contributed by atoms with Crippen molar-refractivity contribution in [2.75, 3.05) is 19.8 Å². The van der Waals surface area contributed by atoms with Crippen LogP contribution in [-0.4, -0.2) is 40.9 Å². The van der Waals surface area contributed by atoms with Crippen LogP contribution in [0.25, 0.3) is 0 Å². The Morgan fingerprint density at radius 2 is 2.05 bits per heavy atom. The van der Waals surface area contributed by atoms with Gasteiger partial charge in [0.2, 0.25) is 0 Å². The summed E-state index contributed by atoms with van der Waals surface area (Å²) >= 11 is 0. The maximum atomic E-state index is 13.5. The largest absolute Gasteiger partial charge is 0.395 e. The summed E-state index contributed by atoms with van der Waals surface area (Å²) in [6.45, 7) is 1.11. The van der Waals surface area contributed by atoms with E-state index in [-0.39, 0.29) is 19.0 Å². The number of benzene rings is 1. The molecule has 0 aromatic heterocycles. The predicted molar refractivity (Wildman–Crippen MR) is 70.9 cm³/mol. The van der Waals surface area contributed by atoms with Gasteiger partial charge in [0.05, 0.1) is 6.61 Å². The predicted octanol–water partition coefficient (Wildman–Crippen LogP) is 1.13. The fourth-order valence-corrected chi connectivity index (χ4v) is 2.15. The molecule has 0 bridgehead atoms. The summed E-state index contributed by atoms with van der Waals surface area (Å²) in [6.07, 6.45) is 2.29. The molecule has 0 heterocycles. The first-order valence-corrected chi connectivity index (χ1v) is 6.47. The molecule has 0 aliphatic heterocycles. The molecule has 0 spiro atoms. The molecule has 19 heavy (non-hydrogen) atoms. The summed E-state index contributed by atoms with van der Waals surface area (Å²) in [6, 6.07) is 5.21. The van der Waals surface area contributed by atoms with E-state index >= 15 is 0 Å². The summed E-state index contributed by atoms with van der Waals surface area (Å²) in [5, 5.41) is 17.7. The van der Waals surface area contributed by atoms with E-state index in [4.69, 9.17) is 10.2 Å². The average Bonchev–Trinajstić information content (AvgIpc) is 3.19. The first-order valence-electron chi connectivity index (χ1n) is 6.47. The minimum absolute atomic E-state index is 0.114. The molecule has 0 atom stereocenters. The molecule has 1 saturated carbocycles. The SMILES string of the molecule is OCC#Cc1cc(F)cc(CN(CCO)C2CC2)c1. The number of halogens is 1. The van der Waals surface area contributed by atoms with Crippen molar-refractivity contribution in [2.45, 2.75) is 25.4 Å². The molecule has 1 fully saturated rings. The standard InChI is InChI=1S/C15H18FNO2/c16-14-9-12(2-1-6-18)8-13(10-14)11-17(5-7-19)15-3-4-15/h8-10,15,18-19H,3-7,11H2. The van der Waals surface area contributed by atoms with Crippen LogP contribution in [0, 0.1) is 17.7 Å². The molecule has 0 radical (unpaired) electrons. The van der Waals surface area contributed by atoms with Gasteiger partial charge in [-0.25, -0.2) is 4.39 Å². The molecule has 2 N–H and O–H groups in total. The Kier molecular flexibility index (Phi) is 4.92. The first kappa shape index (κ1) is 14.0. The van der Waals surface area contributed by atoms with Crippen LogP contribution in [0.1, 0.15) is 24.0 Å². The smallest absolute Gasteiger partial charge is 0.124 e. The van der Waals surface area contributed by atoms with Gasteiger partial charge < -0.3 is 10.2 Å². The molecule has 4 heteroatoms. The molecule has 1 aliphatic carbocycles. The van der Waals surface area contributed by atoms with Crippen molar-refractivity contribution in [3.63, 3.8) is 0 Å². The third kappa shape index (κ3) is 4.32. The van der Waals surface area contributed by atoms with Crippen LogP contribution in [0.5, 0.6) is 0 Å². The van der Waals surface area contributed by atoms with E-state index in [1.54, 1.807) is 0 Å². The molecule has 0 saturated heterocycles. The maximum absolute atomic E-state index is 13.5. The van der Waals surface area contributed by atoms with E-state index in [2.05, 4.69) is 16.7 Å². The lowest BCUT2D eigenvalue weighted by Crippen LogP contribution is -2.28. The fourth-order valence-electron chi connectivity index (χ4n) is 2.15. The third-order valence-electron chi connectivity index (χ3n) is 3.11. The van der Waals surface area contributed by atoms with Gasteiger partial charge in [-0.2, -0.15) is 0 Å². The van der Waals surface area contributed by atoms with Crippen LogP contribution in [0.2, 0.25) is 0 Å². The Labute approximate surface area is 112 Å². The van der Waals surface area contributed by atoms with E-state index in [0.29, 0.717) is 24.7 Å². The van der Waals surface area contributed by atoms with E-state index < -0.39 is 0 Å². The van der Waals surface area contributed by atoms with Crippen molar-refractivity contribution in [2.24, 2.45) is 0 Å². The second-order valence-corrected chi connectivity index (χ2v) is 4.73. The zero-order valence-electron chi connectivity index (χ0n) is 10.8. The number of rotatable bonds is 5. The van der Waals surface area contributed by atoms with Gasteiger partial charge in [0.25, 0.3) is 0 Å². The molecular weight excluding hydrogens is 245 g/mol. The van der Waals surface area contributed by atoms with Crippen LogP contribution in [0.15, 0.2) is 18.2 Å². The lowest BCUT2D eigenvalue weighted by molar-refractivity contribution is 0.183. The van der Waals surface area contributed by atoms with Gasteiger partial charge in [-0.3, -0.25) is 4.90 Å². The minimum Gasteiger partial charge on any atom is -0.395 e. The Balaban J connectivity index is 2.11. The molecule has 1 aromatic rings. The van der Waals surface area contributed by atoms with Crippen molar-refractivity contribution in [1.82, 2.24) is 4.90 Å². The molecule has 1 aromatic carbocycles. The zero-order chi connectivity index (χ0) is 13.7. The average molecular weight is 263 g/mol. The van der Waals surface area contributed by atoms with Crippen molar-refractivity contribution < 1.29 is 14.6 Å². The van der Waals surface area contributed by atoms with Crippen molar-refractivity contribution >= 4 is 0 Å². The Hall–Kier alpha value is -1.41. The van der Waals surface area contributed by atoms with E-state index in [9.17, 15) is 4.39 Å². The first-order chi connectivity index (χ1) is 9.22. The van der Waals surface area contributed by atoms with Gasteiger partial charge >= 0.3 is 0 Å². The van der Waals surface area contributed by atoms with E-state index in [1.807, 2.05) is 6.07 Å². The van der Waals surface area contributed by atoms with Gasteiger partial charge in [0.15, 0.2) is 0 Å². The number of nitrogens with zero attached hydrogens (tertiary/aromatic N) is 1. The number of aliphatic hydroxyl groups excluding tert-OH is 2. The van der Waals surface area contributed by atoms with Gasteiger partial charge in [-0.15, -0.1) is 0 Å². The highest BCUT2D eigenvalue weighted by Crippen LogP contribution is 2.28. The fraction of sp³-hybridized carbons (Fsp3) is 0.467. The topological polar surface area (TPSA) is 43.7 Å². The quantitative estimate of drug-likeness (QED) is 0.783. The summed E-state index contributed by atoms with van der Waals surface area (Å²) in [5.41, 5.74) is 1.42. The summed E-state index contributed by atoms with van der Waals surface area (Å²) in [5.74, 6) is 4.92. The van der Waals surface area contributed by atoms with Gasteiger partial charge in [0.1, 0.15) is 12.4 Å². The summed E-state index contributed by atoms with van der Waals surface area (Å²) < 4.78 is 13.5.